The third kappa shape index (κ3) is 2.18. The van der Waals surface area contributed by atoms with Gasteiger partial charge in [0.25, 0.3) is 0 Å². The standard InChI is InChI=1S/C23H20N4/c1-3-16-8-10-17(11-9-16)26-13-12-18-15(2)19(14-24)22-25-20-6-4-5-7-21(20)27(22)23(18)26/h4-11H,3,12-13H2,1-2H3. The predicted molar refractivity (Wildman–Crippen MR) is 109 cm³/mol. The molecule has 0 fully saturated rings. The van der Waals surface area contributed by atoms with Gasteiger partial charge in [0.1, 0.15) is 11.9 Å². The van der Waals surface area contributed by atoms with Crippen molar-refractivity contribution in [3.05, 3.63) is 70.8 Å². The highest BCUT2D eigenvalue weighted by molar-refractivity contribution is 5.88. The molecule has 0 bridgehead atoms. The van der Waals surface area contributed by atoms with E-state index in [1.807, 2.05) is 18.2 Å². The van der Waals surface area contributed by atoms with Crippen LogP contribution >= 0.6 is 0 Å². The van der Waals surface area contributed by atoms with Crippen LogP contribution in [0.2, 0.25) is 0 Å². The normalized spacial score (nSPS) is 13.3. The van der Waals surface area contributed by atoms with Gasteiger partial charge >= 0.3 is 0 Å². The summed E-state index contributed by atoms with van der Waals surface area (Å²) in [6, 6.07) is 19.3. The van der Waals surface area contributed by atoms with Crippen LogP contribution in [0.25, 0.3) is 16.7 Å². The molecule has 4 aromatic rings. The fourth-order valence-electron chi connectivity index (χ4n) is 4.24. The molecule has 0 saturated carbocycles. The third-order valence-electron chi connectivity index (χ3n) is 5.70. The smallest absolute Gasteiger partial charge is 0.157 e. The number of aromatic nitrogens is 2. The average Bonchev–Trinajstić information content (AvgIpc) is 3.30. The molecule has 0 radical (unpaired) electrons. The zero-order valence-electron chi connectivity index (χ0n) is 15.5. The second-order valence-electron chi connectivity index (χ2n) is 7.10. The van der Waals surface area contributed by atoms with Gasteiger partial charge in [-0.3, -0.25) is 4.40 Å². The lowest BCUT2D eigenvalue weighted by atomic mass is 10.0. The monoisotopic (exact) mass is 352 g/mol. The van der Waals surface area contributed by atoms with Crippen molar-refractivity contribution in [1.29, 1.82) is 5.26 Å². The first-order valence-corrected chi connectivity index (χ1v) is 9.42. The summed E-state index contributed by atoms with van der Waals surface area (Å²) >= 11 is 0. The summed E-state index contributed by atoms with van der Waals surface area (Å²) in [5.41, 5.74) is 8.26. The summed E-state index contributed by atoms with van der Waals surface area (Å²) in [7, 11) is 0. The van der Waals surface area contributed by atoms with Crippen molar-refractivity contribution in [1.82, 2.24) is 9.38 Å². The molecule has 0 atom stereocenters. The van der Waals surface area contributed by atoms with Gasteiger partial charge in [-0.25, -0.2) is 4.98 Å². The Bertz CT molecular complexity index is 1230. The van der Waals surface area contributed by atoms with E-state index in [1.54, 1.807) is 0 Å². The Kier molecular flexibility index (Phi) is 3.45. The molecule has 0 amide bonds. The van der Waals surface area contributed by atoms with E-state index in [-0.39, 0.29) is 0 Å². The molecule has 0 aliphatic carbocycles. The highest BCUT2D eigenvalue weighted by Gasteiger charge is 2.29. The van der Waals surface area contributed by atoms with E-state index in [2.05, 4.69) is 59.5 Å². The van der Waals surface area contributed by atoms with Gasteiger partial charge in [0.15, 0.2) is 5.65 Å². The van der Waals surface area contributed by atoms with E-state index in [1.165, 1.54) is 16.8 Å². The van der Waals surface area contributed by atoms with Crippen molar-refractivity contribution in [2.75, 3.05) is 11.4 Å². The molecule has 3 heterocycles. The highest BCUT2D eigenvalue weighted by atomic mass is 15.3. The van der Waals surface area contributed by atoms with Crippen LogP contribution < -0.4 is 4.90 Å². The van der Waals surface area contributed by atoms with E-state index in [0.29, 0.717) is 5.56 Å². The Balaban J connectivity index is 1.85. The lowest BCUT2D eigenvalue weighted by Gasteiger charge is -2.22. The number of aryl methyl sites for hydroxylation is 1. The Labute approximate surface area is 158 Å². The number of anilines is 2. The quantitative estimate of drug-likeness (QED) is 0.514. The largest absolute Gasteiger partial charge is 0.327 e. The topological polar surface area (TPSA) is 44.3 Å². The molecule has 0 N–H and O–H groups in total. The molecule has 5 rings (SSSR count). The molecule has 4 nitrogen and oxygen atoms in total. The van der Waals surface area contributed by atoms with Crippen molar-refractivity contribution in [2.45, 2.75) is 26.7 Å². The number of hydrogen-bond acceptors (Lipinski definition) is 3. The minimum atomic E-state index is 0.688. The van der Waals surface area contributed by atoms with E-state index in [4.69, 9.17) is 4.98 Å². The maximum Gasteiger partial charge on any atom is 0.157 e. The number of para-hydroxylation sites is 2. The summed E-state index contributed by atoms with van der Waals surface area (Å²) in [4.78, 5) is 7.16. The summed E-state index contributed by atoms with van der Waals surface area (Å²) in [6.45, 7) is 5.15. The maximum absolute atomic E-state index is 9.80. The minimum absolute atomic E-state index is 0.688. The Morgan fingerprint density at radius 1 is 1.11 bits per heavy atom. The van der Waals surface area contributed by atoms with Crippen LogP contribution in [-0.4, -0.2) is 15.9 Å². The van der Waals surface area contributed by atoms with E-state index in [0.717, 1.165) is 47.4 Å². The molecular weight excluding hydrogens is 332 g/mol. The van der Waals surface area contributed by atoms with E-state index in [9.17, 15) is 5.26 Å². The molecule has 1 aliphatic heterocycles. The van der Waals surface area contributed by atoms with Crippen molar-refractivity contribution in [3.63, 3.8) is 0 Å². The van der Waals surface area contributed by atoms with Crippen molar-refractivity contribution < 1.29 is 0 Å². The Hall–Kier alpha value is -3.32. The first kappa shape index (κ1) is 15.9. The summed E-state index contributed by atoms with van der Waals surface area (Å²) < 4.78 is 2.18. The number of hydrogen-bond donors (Lipinski definition) is 0. The number of pyridine rings is 1. The zero-order valence-corrected chi connectivity index (χ0v) is 15.5. The van der Waals surface area contributed by atoms with Gasteiger partial charge in [-0.15, -0.1) is 0 Å². The number of imidazole rings is 1. The van der Waals surface area contributed by atoms with Crippen molar-refractivity contribution >= 4 is 28.2 Å². The lowest BCUT2D eigenvalue weighted by Crippen LogP contribution is -2.16. The van der Waals surface area contributed by atoms with Crippen LogP contribution in [0.5, 0.6) is 0 Å². The van der Waals surface area contributed by atoms with E-state index >= 15 is 0 Å². The molecule has 0 spiro atoms. The number of benzene rings is 2. The van der Waals surface area contributed by atoms with Crippen LogP contribution in [0.4, 0.5) is 11.5 Å². The molecular formula is C23H20N4. The highest BCUT2D eigenvalue weighted by Crippen LogP contribution is 2.40. The fraction of sp³-hybridized carbons (Fsp3) is 0.217. The number of fused-ring (bicyclic) bond motifs is 5. The first-order valence-electron chi connectivity index (χ1n) is 9.42. The number of rotatable bonds is 2. The van der Waals surface area contributed by atoms with Crippen LogP contribution in [0.15, 0.2) is 48.5 Å². The van der Waals surface area contributed by atoms with Gasteiger partial charge in [0, 0.05) is 12.2 Å². The van der Waals surface area contributed by atoms with Crippen LogP contribution in [0.1, 0.15) is 29.2 Å². The van der Waals surface area contributed by atoms with Crippen LogP contribution in [-0.2, 0) is 12.8 Å². The van der Waals surface area contributed by atoms with Gasteiger partial charge in [-0.1, -0.05) is 31.2 Å². The summed E-state index contributed by atoms with van der Waals surface area (Å²) in [5.74, 6) is 1.15. The zero-order chi connectivity index (χ0) is 18.5. The second-order valence-corrected chi connectivity index (χ2v) is 7.10. The minimum Gasteiger partial charge on any atom is -0.327 e. The molecule has 0 saturated heterocycles. The Morgan fingerprint density at radius 2 is 1.89 bits per heavy atom. The van der Waals surface area contributed by atoms with Crippen LogP contribution in [0, 0.1) is 18.3 Å². The van der Waals surface area contributed by atoms with Gasteiger partial charge in [-0.2, -0.15) is 5.26 Å². The van der Waals surface area contributed by atoms with Crippen LogP contribution in [0.3, 0.4) is 0 Å². The maximum atomic E-state index is 9.80. The summed E-state index contributed by atoms with van der Waals surface area (Å²) in [5, 5.41) is 9.80. The molecule has 27 heavy (non-hydrogen) atoms. The van der Waals surface area contributed by atoms with Gasteiger partial charge in [0.2, 0.25) is 0 Å². The van der Waals surface area contributed by atoms with Crippen molar-refractivity contribution in [3.8, 4) is 6.07 Å². The molecule has 2 aromatic carbocycles. The molecule has 132 valence electrons. The molecule has 4 heteroatoms. The predicted octanol–water partition coefficient (Wildman–Crippen LogP) is 4.92. The average molecular weight is 352 g/mol. The van der Waals surface area contributed by atoms with Gasteiger partial charge in [-0.05, 0) is 60.7 Å². The lowest BCUT2D eigenvalue weighted by molar-refractivity contribution is 0.981. The first-order chi connectivity index (χ1) is 13.2. The number of nitrogens with zero attached hydrogens (tertiary/aromatic N) is 4. The fourth-order valence-corrected chi connectivity index (χ4v) is 4.24. The van der Waals surface area contributed by atoms with Gasteiger partial charge < -0.3 is 4.90 Å². The second kappa shape index (κ2) is 5.85. The van der Waals surface area contributed by atoms with Crippen molar-refractivity contribution in [2.24, 2.45) is 0 Å². The SMILES string of the molecule is CCc1ccc(N2CCc3c(C)c(C#N)c4nc5ccccc5n4c32)cc1. The Morgan fingerprint density at radius 3 is 2.63 bits per heavy atom. The molecule has 2 aromatic heterocycles. The molecule has 0 unspecified atom stereocenters. The molecule has 1 aliphatic rings. The number of nitriles is 1. The van der Waals surface area contributed by atoms with E-state index < -0.39 is 0 Å². The van der Waals surface area contributed by atoms with Gasteiger partial charge in [0.05, 0.1) is 16.6 Å². The third-order valence-corrected chi connectivity index (χ3v) is 5.70. The summed E-state index contributed by atoms with van der Waals surface area (Å²) in [6.07, 6.45) is 1.98.